The molecule has 0 aliphatic rings. The van der Waals surface area contributed by atoms with Crippen molar-refractivity contribution in [2.24, 2.45) is 0 Å². The second-order valence-corrected chi connectivity index (χ2v) is 4.69. The number of ether oxygens (including phenoxy) is 1. The average molecular weight is 319 g/mol. The third kappa shape index (κ3) is 4.57. The summed E-state index contributed by atoms with van der Waals surface area (Å²) in [6.45, 7) is -0.169. The Kier molecular flexibility index (Phi) is 4.97. The fraction of sp³-hybridized carbons (Fsp3) is 0.333. The van der Waals surface area contributed by atoms with Gasteiger partial charge in [0.25, 0.3) is 0 Å². The summed E-state index contributed by atoms with van der Waals surface area (Å²) in [5, 5.41) is 12.3. The lowest BCUT2D eigenvalue weighted by Gasteiger charge is -2.16. The first-order valence-electron chi connectivity index (χ1n) is 5.95. The van der Waals surface area contributed by atoms with E-state index in [1.807, 2.05) is 0 Å². The number of rotatable bonds is 6. The Labute approximate surface area is 122 Å². The molecule has 21 heavy (non-hydrogen) atoms. The minimum atomic E-state index is -4.45. The number of aliphatic hydroxyl groups excluding tert-OH is 1. The van der Waals surface area contributed by atoms with Crippen LogP contribution in [0, 0.1) is 0 Å². The van der Waals surface area contributed by atoms with Crippen LogP contribution < -0.4 is 10.1 Å². The van der Waals surface area contributed by atoms with Gasteiger partial charge in [-0.1, -0.05) is 12.1 Å². The fourth-order valence-corrected chi connectivity index (χ4v) is 1.94. The lowest BCUT2D eigenvalue weighted by atomic mass is 10.1. The summed E-state index contributed by atoms with van der Waals surface area (Å²) in [6.07, 6.45) is -4.03. The van der Waals surface area contributed by atoms with E-state index in [2.05, 4.69) is 14.1 Å². The van der Waals surface area contributed by atoms with Crippen molar-refractivity contribution in [1.82, 2.24) is 8.75 Å². The number of alkyl halides is 3. The van der Waals surface area contributed by atoms with Crippen molar-refractivity contribution < 1.29 is 23.0 Å². The Balaban J connectivity index is 1.88. The first kappa shape index (κ1) is 15.5. The SMILES string of the molecule is OC(CNc1ccccc1C(F)(F)F)COc1cnsn1. The summed E-state index contributed by atoms with van der Waals surface area (Å²) in [7, 11) is 0. The molecule has 2 rings (SSSR count). The minimum absolute atomic E-state index is 0.0787. The Morgan fingerprint density at radius 1 is 1.33 bits per heavy atom. The molecule has 9 heteroatoms. The second-order valence-electron chi connectivity index (χ2n) is 4.13. The molecule has 0 aliphatic carbocycles. The molecule has 0 bridgehead atoms. The van der Waals surface area contributed by atoms with E-state index in [9.17, 15) is 18.3 Å². The summed E-state index contributed by atoms with van der Waals surface area (Å²) >= 11 is 0.959. The number of hydrogen-bond acceptors (Lipinski definition) is 6. The highest BCUT2D eigenvalue weighted by Gasteiger charge is 2.33. The number of nitrogens with zero attached hydrogens (tertiary/aromatic N) is 2. The molecule has 1 aromatic carbocycles. The smallest absolute Gasteiger partial charge is 0.418 e. The lowest BCUT2D eigenvalue weighted by molar-refractivity contribution is -0.137. The van der Waals surface area contributed by atoms with Crippen molar-refractivity contribution in [3.05, 3.63) is 36.0 Å². The van der Waals surface area contributed by atoms with E-state index in [0.717, 1.165) is 17.8 Å². The Morgan fingerprint density at radius 3 is 2.76 bits per heavy atom. The molecule has 114 valence electrons. The number of anilines is 1. The van der Waals surface area contributed by atoms with Gasteiger partial charge in [-0.25, -0.2) is 0 Å². The highest BCUT2D eigenvalue weighted by molar-refractivity contribution is 6.99. The highest BCUT2D eigenvalue weighted by atomic mass is 32.1. The largest absolute Gasteiger partial charge is 0.473 e. The van der Waals surface area contributed by atoms with Crippen LogP contribution in [-0.2, 0) is 6.18 Å². The van der Waals surface area contributed by atoms with Crippen LogP contribution in [0.5, 0.6) is 5.88 Å². The van der Waals surface area contributed by atoms with E-state index < -0.39 is 17.8 Å². The second kappa shape index (κ2) is 6.72. The van der Waals surface area contributed by atoms with E-state index in [4.69, 9.17) is 4.74 Å². The quantitative estimate of drug-likeness (QED) is 0.856. The standard InChI is InChI=1S/C12H12F3N3O2S/c13-12(14,15)9-3-1-2-4-10(9)16-5-8(19)7-20-11-6-17-21-18-11/h1-4,6,8,16,19H,5,7H2. The average Bonchev–Trinajstić information content (AvgIpc) is 2.95. The van der Waals surface area contributed by atoms with E-state index >= 15 is 0 Å². The number of aliphatic hydroxyl groups is 1. The topological polar surface area (TPSA) is 67.3 Å². The van der Waals surface area contributed by atoms with E-state index in [0.29, 0.717) is 0 Å². The van der Waals surface area contributed by atoms with Gasteiger partial charge in [0, 0.05) is 12.2 Å². The molecule has 0 saturated heterocycles. The van der Waals surface area contributed by atoms with Gasteiger partial charge in [0.15, 0.2) is 0 Å². The zero-order chi connectivity index (χ0) is 15.3. The van der Waals surface area contributed by atoms with Crippen molar-refractivity contribution >= 4 is 17.4 Å². The van der Waals surface area contributed by atoms with Gasteiger partial charge in [-0.2, -0.15) is 17.5 Å². The van der Waals surface area contributed by atoms with E-state index in [1.54, 1.807) is 0 Å². The van der Waals surface area contributed by atoms with Crippen LogP contribution in [-0.4, -0.2) is 33.1 Å². The molecule has 0 spiro atoms. The zero-order valence-electron chi connectivity index (χ0n) is 10.7. The maximum atomic E-state index is 12.8. The molecule has 2 aromatic rings. The molecule has 1 aromatic heterocycles. The van der Waals surface area contributed by atoms with Crippen LogP contribution in [0.2, 0.25) is 0 Å². The third-order valence-electron chi connectivity index (χ3n) is 2.53. The Morgan fingerprint density at radius 2 is 2.10 bits per heavy atom. The van der Waals surface area contributed by atoms with Crippen LogP contribution >= 0.6 is 11.7 Å². The third-order valence-corrected chi connectivity index (χ3v) is 2.99. The van der Waals surface area contributed by atoms with Crippen molar-refractivity contribution in [1.29, 1.82) is 0 Å². The fourth-order valence-electron chi connectivity index (χ4n) is 1.57. The van der Waals surface area contributed by atoms with Crippen LogP contribution in [0.3, 0.4) is 0 Å². The molecule has 1 atom stereocenters. The molecule has 0 saturated carbocycles. The minimum Gasteiger partial charge on any atom is -0.473 e. The maximum absolute atomic E-state index is 12.8. The predicted molar refractivity (Wildman–Crippen MR) is 71.3 cm³/mol. The summed E-state index contributed by atoms with van der Waals surface area (Å²) in [5.74, 6) is 0.273. The van der Waals surface area contributed by atoms with Crippen LogP contribution in [0.1, 0.15) is 5.56 Å². The van der Waals surface area contributed by atoms with Gasteiger partial charge >= 0.3 is 6.18 Å². The molecular weight excluding hydrogens is 307 g/mol. The number of hydrogen-bond donors (Lipinski definition) is 2. The van der Waals surface area contributed by atoms with Gasteiger partial charge in [0.05, 0.1) is 17.3 Å². The molecule has 0 radical (unpaired) electrons. The van der Waals surface area contributed by atoms with Gasteiger partial charge in [0.2, 0.25) is 5.88 Å². The normalized spacial score (nSPS) is 13.0. The van der Waals surface area contributed by atoms with Gasteiger partial charge in [-0.05, 0) is 12.1 Å². The number of nitrogens with one attached hydrogen (secondary N) is 1. The molecule has 1 heterocycles. The van der Waals surface area contributed by atoms with Crippen molar-refractivity contribution in [2.75, 3.05) is 18.5 Å². The van der Waals surface area contributed by atoms with E-state index in [1.165, 1.54) is 24.4 Å². The molecule has 5 nitrogen and oxygen atoms in total. The first-order valence-corrected chi connectivity index (χ1v) is 6.68. The van der Waals surface area contributed by atoms with Crippen molar-refractivity contribution in [3.8, 4) is 5.88 Å². The maximum Gasteiger partial charge on any atom is 0.418 e. The zero-order valence-corrected chi connectivity index (χ0v) is 11.5. The summed E-state index contributed by atoms with van der Waals surface area (Å²) in [6, 6.07) is 5.08. The van der Waals surface area contributed by atoms with Crippen LogP contribution in [0.25, 0.3) is 0 Å². The van der Waals surface area contributed by atoms with Crippen LogP contribution in [0.15, 0.2) is 30.5 Å². The summed E-state index contributed by atoms with van der Waals surface area (Å²) in [5.41, 5.74) is -0.860. The van der Waals surface area contributed by atoms with Gasteiger partial charge in [-0.3, -0.25) is 0 Å². The lowest BCUT2D eigenvalue weighted by Crippen LogP contribution is -2.27. The molecule has 0 fully saturated rings. The van der Waals surface area contributed by atoms with Gasteiger partial charge < -0.3 is 15.2 Å². The Bertz CT molecular complexity index is 563. The van der Waals surface area contributed by atoms with Crippen molar-refractivity contribution in [3.63, 3.8) is 0 Å². The number of aromatic nitrogens is 2. The van der Waals surface area contributed by atoms with Gasteiger partial charge in [0.1, 0.15) is 18.9 Å². The molecular formula is C12H12F3N3O2S. The van der Waals surface area contributed by atoms with Crippen LogP contribution in [0.4, 0.5) is 18.9 Å². The molecule has 0 amide bonds. The number of benzene rings is 1. The summed E-state index contributed by atoms with van der Waals surface area (Å²) in [4.78, 5) is 0. The van der Waals surface area contributed by atoms with E-state index in [-0.39, 0.29) is 24.7 Å². The van der Waals surface area contributed by atoms with Gasteiger partial charge in [-0.15, -0.1) is 4.37 Å². The van der Waals surface area contributed by atoms with Crippen molar-refractivity contribution in [2.45, 2.75) is 12.3 Å². The molecule has 0 aliphatic heterocycles. The highest BCUT2D eigenvalue weighted by Crippen LogP contribution is 2.34. The number of halogens is 3. The predicted octanol–water partition coefficient (Wildman–Crippen LogP) is 2.41. The molecule has 2 N–H and O–H groups in total. The number of para-hydroxylation sites is 1. The summed E-state index contributed by atoms with van der Waals surface area (Å²) < 4.78 is 50.9. The molecule has 1 unspecified atom stereocenters. The monoisotopic (exact) mass is 319 g/mol. The Hall–Kier alpha value is -1.87. The first-order chi connectivity index (χ1) is 9.97.